The minimum Gasteiger partial charge on any atom is -0.464 e. The third-order valence-corrected chi connectivity index (χ3v) is 7.51. The Bertz CT molecular complexity index is 1940. The highest BCUT2D eigenvalue weighted by Crippen LogP contribution is 2.47. The highest BCUT2D eigenvalue weighted by Gasteiger charge is 2.28. The maximum absolute atomic E-state index is 6.61. The van der Waals surface area contributed by atoms with Crippen LogP contribution < -0.4 is 10.1 Å². The van der Waals surface area contributed by atoms with E-state index in [2.05, 4.69) is 86.6 Å². The Hall–Kier alpha value is -5.42. The minimum absolute atomic E-state index is 0.229. The summed E-state index contributed by atoms with van der Waals surface area (Å²) >= 11 is 0. The first-order chi connectivity index (χ1) is 19.8. The molecule has 5 heteroatoms. The van der Waals surface area contributed by atoms with Gasteiger partial charge in [-0.3, -0.25) is 9.97 Å². The molecule has 0 bridgehead atoms. The van der Waals surface area contributed by atoms with E-state index in [1.54, 1.807) is 0 Å². The number of para-hydroxylation sites is 1. The van der Waals surface area contributed by atoms with Gasteiger partial charge in [-0.05, 0) is 60.7 Å². The summed E-state index contributed by atoms with van der Waals surface area (Å²) < 4.78 is 8.93. The van der Waals surface area contributed by atoms with Crippen LogP contribution in [0.2, 0.25) is 0 Å². The molecule has 0 aliphatic carbocycles. The van der Waals surface area contributed by atoms with E-state index in [1.807, 2.05) is 67.0 Å². The van der Waals surface area contributed by atoms with Gasteiger partial charge < -0.3 is 14.6 Å². The molecule has 8 rings (SSSR count). The Kier molecular flexibility index (Phi) is 5.13. The second kappa shape index (κ2) is 9.10. The van der Waals surface area contributed by atoms with Crippen LogP contribution in [-0.2, 0) is 0 Å². The minimum atomic E-state index is -0.229. The molecular weight excluding hydrogens is 492 g/mol. The third kappa shape index (κ3) is 3.63. The van der Waals surface area contributed by atoms with Crippen molar-refractivity contribution in [2.75, 3.05) is 5.32 Å². The Morgan fingerprint density at radius 1 is 0.625 bits per heavy atom. The standard InChI is InChI=1S/C35H24N4O/c1-2-10-23(11-3-1)35-38-30-16-17-32-33(34(30)40-35)27-12-4-5-15-31(27)39(32)26-21-24(28-13-6-8-18-36-28)20-25(22-26)29-14-7-9-19-37-29/h1-22,35,38H. The SMILES string of the molecule is c1ccc(C2Nc3ccc4c(c3O2)c2ccccc2n4-c2cc(-c3ccccn3)cc(-c3ccccn3)c2)cc1. The molecule has 1 unspecified atom stereocenters. The fraction of sp³-hybridized carbons (Fsp3) is 0.0286. The van der Waals surface area contributed by atoms with Gasteiger partial charge in [-0.25, -0.2) is 0 Å². The summed E-state index contributed by atoms with van der Waals surface area (Å²) in [6.07, 6.45) is 3.44. The van der Waals surface area contributed by atoms with Crippen LogP contribution in [0.5, 0.6) is 5.75 Å². The molecule has 0 fully saturated rings. The molecule has 7 aromatic rings. The molecule has 4 heterocycles. The van der Waals surface area contributed by atoms with Crippen LogP contribution in [0.1, 0.15) is 11.8 Å². The first-order valence-electron chi connectivity index (χ1n) is 13.4. The highest BCUT2D eigenvalue weighted by atomic mass is 16.5. The smallest absolute Gasteiger partial charge is 0.196 e. The molecule has 4 aromatic carbocycles. The third-order valence-electron chi connectivity index (χ3n) is 7.51. The monoisotopic (exact) mass is 516 g/mol. The maximum atomic E-state index is 6.61. The van der Waals surface area contributed by atoms with Gasteiger partial charge in [0.25, 0.3) is 0 Å². The number of benzene rings is 4. The van der Waals surface area contributed by atoms with Gasteiger partial charge in [0.15, 0.2) is 12.0 Å². The summed E-state index contributed by atoms with van der Waals surface area (Å²) in [5.41, 5.74) is 9.24. The van der Waals surface area contributed by atoms with Gasteiger partial charge in [-0.2, -0.15) is 0 Å². The Labute approximate surface area is 231 Å². The van der Waals surface area contributed by atoms with Gasteiger partial charge in [0.05, 0.1) is 33.5 Å². The molecule has 1 N–H and O–H groups in total. The lowest BCUT2D eigenvalue weighted by atomic mass is 10.0. The molecule has 0 radical (unpaired) electrons. The van der Waals surface area contributed by atoms with Crippen molar-refractivity contribution in [2.45, 2.75) is 6.23 Å². The number of anilines is 1. The van der Waals surface area contributed by atoms with Gasteiger partial charge in [0.2, 0.25) is 0 Å². The summed E-state index contributed by atoms with van der Waals surface area (Å²) in [4.78, 5) is 9.31. The molecule has 1 atom stereocenters. The van der Waals surface area contributed by atoms with E-state index in [-0.39, 0.29) is 6.23 Å². The maximum Gasteiger partial charge on any atom is 0.196 e. The summed E-state index contributed by atoms with van der Waals surface area (Å²) in [6, 6.07) is 41.7. The van der Waals surface area contributed by atoms with Crippen LogP contribution in [0.4, 0.5) is 5.69 Å². The summed E-state index contributed by atoms with van der Waals surface area (Å²) in [5, 5.41) is 5.81. The van der Waals surface area contributed by atoms with Gasteiger partial charge in [0.1, 0.15) is 0 Å². The number of pyridine rings is 2. The zero-order valence-corrected chi connectivity index (χ0v) is 21.5. The normalized spacial score (nSPS) is 14.2. The van der Waals surface area contributed by atoms with Gasteiger partial charge in [-0.15, -0.1) is 0 Å². The van der Waals surface area contributed by atoms with Crippen molar-refractivity contribution < 1.29 is 4.74 Å². The largest absolute Gasteiger partial charge is 0.464 e. The fourth-order valence-corrected chi connectivity index (χ4v) is 5.71. The van der Waals surface area contributed by atoms with Gasteiger partial charge in [0, 0.05) is 40.2 Å². The van der Waals surface area contributed by atoms with Crippen LogP contribution in [0.25, 0.3) is 50.0 Å². The fourth-order valence-electron chi connectivity index (χ4n) is 5.71. The van der Waals surface area contributed by atoms with Crippen molar-refractivity contribution in [3.05, 3.63) is 139 Å². The number of aromatic nitrogens is 3. The summed E-state index contributed by atoms with van der Waals surface area (Å²) in [7, 11) is 0. The van der Waals surface area contributed by atoms with Crippen molar-refractivity contribution in [3.8, 4) is 34.0 Å². The van der Waals surface area contributed by atoms with E-state index in [4.69, 9.17) is 4.74 Å². The van der Waals surface area contributed by atoms with Crippen molar-refractivity contribution in [1.29, 1.82) is 0 Å². The predicted octanol–water partition coefficient (Wildman–Crippen LogP) is 8.41. The van der Waals surface area contributed by atoms with Crippen molar-refractivity contribution in [1.82, 2.24) is 14.5 Å². The average Bonchev–Trinajstić information content (AvgIpc) is 3.62. The van der Waals surface area contributed by atoms with Crippen LogP contribution in [0.15, 0.2) is 134 Å². The Morgan fingerprint density at radius 2 is 1.30 bits per heavy atom. The lowest BCUT2D eigenvalue weighted by molar-refractivity contribution is 0.263. The summed E-state index contributed by atoms with van der Waals surface area (Å²) in [6.45, 7) is 0. The Balaban J connectivity index is 1.37. The number of nitrogens with one attached hydrogen (secondary N) is 1. The molecule has 40 heavy (non-hydrogen) atoms. The number of hydrogen-bond donors (Lipinski definition) is 1. The number of rotatable bonds is 4. The van der Waals surface area contributed by atoms with E-state index in [1.165, 1.54) is 0 Å². The zero-order chi connectivity index (χ0) is 26.5. The second-order valence-corrected chi connectivity index (χ2v) is 9.94. The summed E-state index contributed by atoms with van der Waals surface area (Å²) in [5.74, 6) is 0.882. The quantitative estimate of drug-likeness (QED) is 0.255. The van der Waals surface area contributed by atoms with Crippen molar-refractivity contribution >= 4 is 27.5 Å². The lowest BCUT2D eigenvalue weighted by Gasteiger charge is -2.13. The topological polar surface area (TPSA) is 52.0 Å². The molecule has 1 aliphatic heterocycles. The molecule has 3 aromatic heterocycles. The van der Waals surface area contributed by atoms with Gasteiger partial charge >= 0.3 is 0 Å². The lowest BCUT2D eigenvalue weighted by Crippen LogP contribution is -2.09. The van der Waals surface area contributed by atoms with Gasteiger partial charge in [-0.1, -0.05) is 60.7 Å². The molecule has 0 saturated heterocycles. The molecule has 0 saturated carbocycles. The molecule has 190 valence electrons. The van der Waals surface area contributed by atoms with Crippen LogP contribution >= 0.6 is 0 Å². The van der Waals surface area contributed by atoms with Crippen LogP contribution in [0.3, 0.4) is 0 Å². The predicted molar refractivity (Wildman–Crippen MR) is 161 cm³/mol. The Morgan fingerprint density at radius 3 is 2.00 bits per heavy atom. The molecule has 5 nitrogen and oxygen atoms in total. The number of fused-ring (bicyclic) bond motifs is 5. The molecule has 0 amide bonds. The van der Waals surface area contributed by atoms with Crippen molar-refractivity contribution in [3.63, 3.8) is 0 Å². The van der Waals surface area contributed by atoms with E-state index in [0.29, 0.717) is 0 Å². The molecule has 1 aliphatic rings. The van der Waals surface area contributed by atoms with Crippen LogP contribution in [-0.4, -0.2) is 14.5 Å². The second-order valence-electron chi connectivity index (χ2n) is 9.94. The van der Waals surface area contributed by atoms with E-state index in [9.17, 15) is 0 Å². The van der Waals surface area contributed by atoms with E-state index >= 15 is 0 Å². The molecular formula is C35H24N4O. The first-order valence-corrected chi connectivity index (χ1v) is 13.4. The number of ether oxygens (including phenoxy) is 1. The first kappa shape index (κ1) is 22.6. The molecule has 0 spiro atoms. The van der Waals surface area contributed by atoms with Crippen molar-refractivity contribution in [2.24, 2.45) is 0 Å². The number of nitrogens with zero attached hydrogens (tertiary/aromatic N) is 3. The van der Waals surface area contributed by atoms with E-state index in [0.717, 1.165) is 67.0 Å². The zero-order valence-electron chi connectivity index (χ0n) is 21.5. The number of hydrogen-bond acceptors (Lipinski definition) is 4. The average molecular weight is 517 g/mol. The van der Waals surface area contributed by atoms with Crippen LogP contribution in [0, 0.1) is 0 Å². The highest BCUT2D eigenvalue weighted by molar-refractivity contribution is 6.14. The van der Waals surface area contributed by atoms with E-state index < -0.39 is 0 Å².